The normalized spacial score (nSPS) is 16.8. The van der Waals surface area contributed by atoms with E-state index >= 15 is 0 Å². The van der Waals surface area contributed by atoms with Gasteiger partial charge in [0, 0.05) is 28.3 Å². The van der Waals surface area contributed by atoms with Crippen LogP contribution in [0.15, 0.2) is 41.2 Å². The quantitative estimate of drug-likeness (QED) is 0.724. The van der Waals surface area contributed by atoms with E-state index < -0.39 is 0 Å². The van der Waals surface area contributed by atoms with Crippen molar-refractivity contribution < 1.29 is 9.21 Å². The molecular weight excluding hydrogens is 326 g/mol. The van der Waals surface area contributed by atoms with Crippen LogP contribution in [0.25, 0.3) is 10.9 Å². The molecule has 4 rings (SSSR count). The highest BCUT2D eigenvalue weighted by molar-refractivity contribution is 6.05. The molecule has 0 bridgehead atoms. The number of likely N-dealkylation sites (N-methyl/N-ethyl adjacent to an activating group) is 1. The Balaban J connectivity index is 1.62. The summed E-state index contributed by atoms with van der Waals surface area (Å²) in [6.45, 7) is 6.64. The average Bonchev–Trinajstić information content (AvgIpc) is 3.30. The minimum atomic E-state index is -0.150. The van der Waals surface area contributed by atoms with Gasteiger partial charge in [-0.1, -0.05) is 13.8 Å². The lowest BCUT2D eigenvalue weighted by Gasteiger charge is -2.32. The fourth-order valence-electron chi connectivity index (χ4n) is 4.13. The number of aromatic nitrogens is 1. The summed E-state index contributed by atoms with van der Waals surface area (Å²) >= 11 is 0. The summed E-state index contributed by atoms with van der Waals surface area (Å²) in [6, 6.07) is 8.36. The predicted octanol–water partition coefficient (Wildman–Crippen LogP) is 4.21. The van der Waals surface area contributed by atoms with Crippen molar-refractivity contribution in [3.63, 3.8) is 0 Å². The maximum Gasteiger partial charge on any atom is 0.258 e. The molecule has 136 valence electrons. The van der Waals surface area contributed by atoms with Crippen molar-refractivity contribution in [2.24, 2.45) is 0 Å². The lowest BCUT2D eigenvalue weighted by atomic mass is 9.90. The number of amides is 1. The second-order valence-corrected chi connectivity index (χ2v) is 6.93. The number of aryl methyl sites for hydroxylation is 1. The molecule has 0 fully saturated rings. The van der Waals surface area contributed by atoms with Gasteiger partial charge in [0.2, 0.25) is 0 Å². The summed E-state index contributed by atoms with van der Waals surface area (Å²) in [6.07, 6.45) is 6.32. The molecule has 2 heterocycles. The van der Waals surface area contributed by atoms with Crippen LogP contribution in [0, 0.1) is 0 Å². The van der Waals surface area contributed by atoms with E-state index in [1.807, 2.05) is 6.07 Å². The number of nitrogens with one attached hydrogen (secondary N) is 2. The van der Waals surface area contributed by atoms with E-state index in [1.165, 1.54) is 35.6 Å². The zero-order valence-electron chi connectivity index (χ0n) is 15.3. The number of fused-ring (bicyclic) bond motifs is 3. The Bertz CT molecular complexity index is 907. The smallest absolute Gasteiger partial charge is 0.258 e. The number of aromatic amines is 1. The Morgan fingerprint density at radius 3 is 2.88 bits per heavy atom. The van der Waals surface area contributed by atoms with Gasteiger partial charge in [-0.2, -0.15) is 0 Å². The third kappa shape index (κ3) is 3.03. The first-order valence-corrected chi connectivity index (χ1v) is 9.40. The number of anilines is 1. The van der Waals surface area contributed by atoms with E-state index in [0.29, 0.717) is 11.6 Å². The zero-order valence-corrected chi connectivity index (χ0v) is 15.3. The highest BCUT2D eigenvalue weighted by Crippen LogP contribution is 2.32. The highest BCUT2D eigenvalue weighted by atomic mass is 16.3. The first-order chi connectivity index (χ1) is 12.7. The fraction of sp³-hybridized carbons (Fsp3) is 0.381. The number of hydrogen-bond donors (Lipinski definition) is 2. The van der Waals surface area contributed by atoms with E-state index in [1.54, 1.807) is 6.07 Å². The van der Waals surface area contributed by atoms with Crippen molar-refractivity contribution in [3.05, 3.63) is 53.6 Å². The van der Waals surface area contributed by atoms with Gasteiger partial charge in [-0.05, 0) is 62.2 Å². The third-order valence-corrected chi connectivity index (χ3v) is 5.53. The number of benzene rings is 1. The standard InChI is InChI=1S/C21H25N3O2/c1-3-24(4-2)16-6-8-20-18(12-16)17-11-15(5-7-19(17)23-20)22-21(25)14-9-10-26-13-14/h5,7,9-11,13,16,23H,3-4,6,8,12H2,1-2H3,(H,22,25). The molecule has 1 aliphatic carbocycles. The molecule has 0 spiro atoms. The van der Waals surface area contributed by atoms with Crippen LogP contribution in [-0.2, 0) is 12.8 Å². The number of hydrogen-bond acceptors (Lipinski definition) is 3. The molecule has 3 aromatic rings. The van der Waals surface area contributed by atoms with Crippen LogP contribution in [0.2, 0.25) is 0 Å². The van der Waals surface area contributed by atoms with Crippen molar-refractivity contribution in [3.8, 4) is 0 Å². The first kappa shape index (κ1) is 16.9. The summed E-state index contributed by atoms with van der Waals surface area (Å²) < 4.78 is 4.99. The largest absolute Gasteiger partial charge is 0.472 e. The topological polar surface area (TPSA) is 61.3 Å². The monoisotopic (exact) mass is 351 g/mol. The van der Waals surface area contributed by atoms with Crippen LogP contribution in [0.4, 0.5) is 5.69 Å². The third-order valence-electron chi connectivity index (χ3n) is 5.53. The lowest BCUT2D eigenvalue weighted by Crippen LogP contribution is -2.38. The Kier molecular flexibility index (Phi) is 4.55. The molecular formula is C21H25N3O2. The summed E-state index contributed by atoms with van der Waals surface area (Å²) in [5.41, 5.74) is 5.25. The number of carbonyl (C=O) groups excluding carboxylic acids is 1. The Labute approximate surface area is 153 Å². The maximum atomic E-state index is 12.3. The van der Waals surface area contributed by atoms with Crippen molar-refractivity contribution in [1.82, 2.24) is 9.88 Å². The van der Waals surface area contributed by atoms with Gasteiger partial charge in [0.05, 0.1) is 11.8 Å². The Morgan fingerprint density at radius 2 is 2.15 bits per heavy atom. The van der Waals surface area contributed by atoms with Crippen molar-refractivity contribution in [1.29, 1.82) is 0 Å². The van der Waals surface area contributed by atoms with E-state index in [-0.39, 0.29) is 5.91 Å². The van der Waals surface area contributed by atoms with Crippen LogP contribution in [0.1, 0.15) is 41.9 Å². The molecule has 0 saturated heterocycles. The number of nitrogens with zero attached hydrogens (tertiary/aromatic N) is 1. The van der Waals surface area contributed by atoms with Gasteiger partial charge in [-0.15, -0.1) is 0 Å². The number of H-pyrrole nitrogens is 1. The summed E-state index contributed by atoms with van der Waals surface area (Å²) in [5, 5.41) is 4.19. The van der Waals surface area contributed by atoms with Gasteiger partial charge < -0.3 is 19.6 Å². The Hall–Kier alpha value is -2.53. The molecule has 0 radical (unpaired) electrons. The minimum absolute atomic E-state index is 0.150. The lowest BCUT2D eigenvalue weighted by molar-refractivity contribution is 0.102. The molecule has 1 unspecified atom stereocenters. The number of furan rings is 1. The summed E-state index contributed by atoms with van der Waals surface area (Å²) in [7, 11) is 0. The summed E-state index contributed by atoms with van der Waals surface area (Å²) in [5.74, 6) is -0.150. The molecule has 26 heavy (non-hydrogen) atoms. The molecule has 0 aliphatic heterocycles. The highest BCUT2D eigenvalue weighted by Gasteiger charge is 2.25. The molecule has 1 aliphatic rings. The van der Waals surface area contributed by atoms with Crippen LogP contribution in [-0.4, -0.2) is 34.9 Å². The second-order valence-electron chi connectivity index (χ2n) is 6.93. The number of carbonyl (C=O) groups is 1. The van der Waals surface area contributed by atoms with Crippen molar-refractivity contribution in [2.45, 2.75) is 39.2 Å². The molecule has 0 saturated carbocycles. The minimum Gasteiger partial charge on any atom is -0.472 e. The van der Waals surface area contributed by atoms with Crippen LogP contribution in [0.5, 0.6) is 0 Å². The molecule has 2 N–H and O–H groups in total. The first-order valence-electron chi connectivity index (χ1n) is 9.40. The maximum absolute atomic E-state index is 12.3. The van der Waals surface area contributed by atoms with Gasteiger partial charge in [-0.3, -0.25) is 4.79 Å². The Morgan fingerprint density at radius 1 is 1.31 bits per heavy atom. The fourth-order valence-corrected chi connectivity index (χ4v) is 4.13. The van der Waals surface area contributed by atoms with E-state index in [9.17, 15) is 4.79 Å². The molecule has 1 amide bonds. The van der Waals surface area contributed by atoms with E-state index in [2.05, 4.69) is 41.2 Å². The van der Waals surface area contributed by atoms with Crippen molar-refractivity contribution in [2.75, 3.05) is 18.4 Å². The zero-order chi connectivity index (χ0) is 18.1. The molecule has 1 atom stereocenters. The van der Waals surface area contributed by atoms with Gasteiger partial charge in [0.15, 0.2) is 0 Å². The van der Waals surface area contributed by atoms with Crippen LogP contribution in [0.3, 0.4) is 0 Å². The van der Waals surface area contributed by atoms with Crippen molar-refractivity contribution >= 4 is 22.5 Å². The van der Waals surface area contributed by atoms with Gasteiger partial charge >= 0.3 is 0 Å². The predicted molar refractivity (Wildman–Crippen MR) is 104 cm³/mol. The van der Waals surface area contributed by atoms with E-state index in [0.717, 1.165) is 37.1 Å². The van der Waals surface area contributed by atoms with Gasteiger partial charge in [0.25, 0.3) is 5.91 Å². The van der Waals surface area contributed by atoms with Gasteiger partial charge in [0.1, 0.15) is 6.26 Å². The molecule has 5 heteroatoms. The number of rotatable bonds is 5. The van der Waals surface area contributed by atoms with Crippen LogP contribution < -0.4 is 5.32 Å². The second kappa shape index (κ2) is 7.00. The molecule has 1 aromatic carbocycles. The molecule has 2 aromatic heterocycles. The summed E-state index contributed by atoms with van der Waals surface area (Å²) in [4.78, 5) is 18.4. The van der Waals surface area contributed by atoms with Gasteiger partial charge in [-0.25, -0.2) is 0 Å². The average molecular weight is 351 g/mol. The van der Waals surface area contributed by atoms with Crippen LogP contribution >= 0.6 is 0 Å². The van der Waals surface area contributed by atoms with E-state index in [4.69, 9.17) is 4.42 Å². The molecule has 5 nitrogen and oxygen atoms in total. The SMILES string of the molecule is CCN(CC)C1CCc2[nH]c3ccc(NC(=O)c4ccoc4)cc3c2C1.